The fraction of sp³-hybridized carbons (Fsp3) is 0.750. The lowest BCUT2D eigenvalue weighted by atomic mass is 10.1. The Bertz CT molecular complexity index is 324. The molecule has 1 amide bonds. The van der Waals surface area contributed by atoms with Gasteiger partial charge in [-0.25, -0.2) is 4.79 Å². The maximum Gasteiger partial charge on any atom is 0.407 e. The van der Waals surface area contributed by atoms with Gasteiger partial charge in [-0.1, -0.05) is 13.7 Å². The van der Waals surface area contributed by atoms with E-state index in [4.69, 9.17) is 9.60 Å². The van der Waals surface area contributed by atoms with Crippen molar-refractivity contribution in [1.82, 2.24) is 5.32 Å². The van der Waals surface area contributed by atoms with E-state index in [1.165, 1.54) is 0 Å². The van der Waals surface area contributed by atoms with Crippen LogP contribution in [0, 0.1) is 5.89 Å². The number of methoxy groups -OCH3 is 1. The Morgan fingerprint density at radius 2 is 2.50 bits per heavy atom. The minimum Gasteiger partial charge on any atom is -0.453 e. The third kappa shape index (κ3) is 4.71. The van der Waals surface area contributed by atoms with Gasteiger partial charge in [0, 0.05) is 9.60 Å². The van der Waals surface area contributed by atoms with Gasteiger partial charge in [-0.05, 0) is 12.3 Å². The van der Waals surface area contributed by atoms with Gasteiger partial charge >= 0.3 is 6.09 Å². The summed E-state index contributed by atoms with van der Waals surface area (Å²) in [6.07, 6.45) is -1.73. The Morgan fingerprint density at radius 3 is 2.92 bits per heavy atom. The van der Waals surface area contributed by atoms with E-state index in [1.54, 1.807) is 0 Å². The van der Waals surface area contributed by atoms with E-state index in [-0.39, 0.29) is 6.29 Å². The summed E-state index contributed by atoms with van der Waals surface area (Å²) < 4.78 is 54.9. The molecule has 0 bridgehead atoms. The highest BCUT2D eigenvalue weighted by atomic mass is 16.5. The van der Waals surface area contributed by atoms with E-state index >= 15 is 0 Å². The molecule has 0 saturated heterocycles. The predicted octanol–water partition coefficient (Wildman–Crippen LogP) is 0.956. The molecule has 0 aromatic carbocycles. The van der Waals surface area contributed by atoms with E-state index in [9.17, 15) is 9.59 Å². The first-order valence-electron chi connectivity index (χ1n) is 6.69. The van der Waals surface area contributed by atoms with Crippen molar-refractivity contribution in [3.05, 3.63) is 0 Å². The number of aldehydes is 1. The fourth-order valence-electron chi connectivity index (χ4n) is 0.563. The van der Waals surface area contributed by atoms with Crippen molar-refractivity contribution in [3.8, 4) is 0 Å². The summed E-state index contributed by atoms with van der Waals surface area (Å²) in [4.78, 5) is 21.7. The second-order valence-electron chi connectivity index (χ2n) is 2.06. The van der Waals surface area contributed by atoms with Gasteiger partial charge in [0.2, 0.25) is 0 Å². The molecule has 12 heavy (non-hydrogen) atoms. The van der Waals surface area contributed by atoms with Gasteiger partial charge in [0.25, 0.3) is 0 Å². The molecule has 0 fully saturated rings. The van der Waals surface area contributed by atoms with Crippen LogP contribution in [0.15, 0.2) is 0 Å². The zero-order valence-electron chi connectivity index (χ0n) is 13.6. The van der Waals surface area contributed by atoms with Crippen molar-refractivity contribution in [1.29, 1.82) is 0 Å². The first kappa shape index (κ1) is 3.77. The van der Waals surface area contributed by atoms with Gasteiger partial charge in [-0.2, -0.15) is 0 Å². The van der Waals surface area contributed by atoms with Crippen molar-refractivity contribution in [2.45, 2.75) is 26.2 Å². The van der Waals surface area contributed by atoms with E-state index in [1.807, 2.05) is 5.32 Å². The molecule has 0 spiro atoms. The molecule has 0 saturated carbocycles. The van der Waals surface area contributed by atoms with Crippen LogP contribution in [-0.2, 0) is 9.53 Å². The van der Waals surface area contributed by atoms with Gasteiger partial charge in [0.1, 0.15) is 6.29 Å². The highest BCUT2D eigenvalue weighted by Crippen LogP contribution is 2.02. The molecule has 0 aliphatic rings. The zero-order chi connectivity index (χ0) is 15.5. The number of carbonyl (C=O) groups excluding carboxylic acids is 2. The Labute approximate surface area is 82.1 Å². The number of hydrogen-bond donors (Lipinski definition) is 1. The van der Waals surface area contributed by atoms with Crippen LogP contribution in [0.4, 0.5) is 4.79 Å². The molecule has 0 rings (SSSR count). The van der Waals surface area contributed by atoms with Crippen molar-refractivity contribution in [3.63, 3.8) is 0 Å². The summed E-state index contributed by atoms with van der Waals surface area (Å²) >= 11 is 0. The van der Waals surface area contributed by atoms with Crippen molar-refractivity contribution < 1.29 is 23.9 Å². The summed E-state index contributed by atoms with van der Waals surface area (Å²) in [5.41, 5.74) is 0. The molecule has 0 aliphatic carbocycles. The summed E-state index contributed by atoms with van der Waals surface area (Å²) in [6.45, 7) is -6.28. The third-order valence-corrected chi connectivity index (χ3v) is 1.08. The standard InChI is InChI=1S/C8H15NO3/c1-6(2)4-7(5-10)9-8(11)12-3/h5-7H,4H2,1-3H3,(H,9,11)/i1D3,2D3,6D. The summed E-state index contributed by atoms with van der Waals surface area (Å²) in [7, 11) is 1.03. The largest absolute Gasteiger partial charge is 0.453 e. The molecule has 0 radical (unpaired) electrons. The van der Waals surface area contributed by atoms with Gasteiger partial charge in [-0.15, -0.1) is 0 Å². The van der Waals surface area contributed by atoms with Crippen LogP contribution >= 0.6 is 0 Å². The Kier molecular flexibility index (Phi) is 1.75. The van der Waals surface area contributed by atoms with Crippen LogP contribution in [0.3, 0.4) is 0 Å². The number of hydrogen-bond acceptors (Lipinski definition) is 3. The second kappa shape index (κ2) is 5.57. The molecule has 4 nitrogen and oxygen atoms in total. The third-order valence-electron chi connectivity index (χ3n) is 1.08. The van der Waals surface area contributed by atoms with Crippen LogP contribution in [-0.4, -0.2) is 25.5 Å². The van der Waals surface area contributed by atoms with Crippen molar-refractivity contribution >= 4 is 12.4 Å². The van der Waals surface area contributed by atoms with Gasteiger partial charge in [0.15, 0.2) is 0 Å². The SMILES string of the molecule is [2H]C([2H])([2H])C([2H])(CC(C=O)NC(=O)OC)C([2H])([2H])[2H]. The first-order chi connectivity index (χ1) is 8.39. The Hall–Kier alpha value is -1.06. The number of rotatable bonds is 4. The molecule has 0 aromatic rings. The van der Waals surface area contributed by atoms with Gasteiger partial charge in [-0.3, -0.25) is 0 Å². The lowest BCUT2D eigenvalue weighted by Gasteiger charge is -2.13. The average molecular weight is 180 g/mol. The van der Waals surface area contributed by atoms with E-state index < -0.39 is 38.2 Å². The molecule has 1 N–H and O–H groups in total. The number of amides is 1. The predicted molar refractivity (Wildman–Crippen MR) is 44.8 cm³/mol. The minimum atomic E-state index is -3.14. The van der Waals surface area contributed by atoms with Crippen LogP contribution in [0.2, 0.25) is 0 Å². The number of nitrogens with one attached hydrogen (secondary N) is 1. The number of ether oxygens (including phenoxy) is 1. The topological polar surface area (TPSA) is 55.4 Å². The highest BCUT2D eigenvalue weighted by Gasteiger charge is 2.12. The van der Waals surface area contributed by atoms with Gasteiger partial charge < -0.3 is 14.8 Å². The molecule has 0 aromatic heterocycles. The van der Waals surface area contributed by atoms with Crippen LogP contribution in [0.1, 0.15) is 29.7 Å². The summed E-state index contributed by atoms with van der Waals surface area (Å²) in [5, 5.41) is 1.97. The molecular formula is C8H15NO3. The molecule has 0 heterocycles. The second-order valence-corrected chi connectivity index (χ2v) is 2.06. The van der Waals surface area contributed by atoms with Gasteiger partial charge in [0.05, 0.1) is 13.2 Å². The zero-order valence-corrected chi connectivity index (χ0v) is 6.59. The summed E-state index contributed by atoms with van der Waals surface area (Å²) in [5.74, 6) is -2.87. The lowest BCUT2D eigenvalue weighted by Crippen LogP contribution is -2.36. The van der Waals surface area contributed by atoms with E-state index in [0.29, 0.717) is 0 Å². The monoisotopic (exact) mass is 180 g/mol. The van der Waals surface area contributed by atoms with Crippen molar-refractivity contribution in [2.24, 2.45) is 5.89 Å². The highest BCUT2D eigenvalue weighted by molar-refractivity contribution is 5.72. The van der Waals surface area contributed by atoms with E-state index in [0.717, 1.165) is 7.11 Å². The molecule has 1 atom stereocenters. The lowest BCUT2D eigenvalue weighted by molar-refractivity contribution is -0.109. The van der Waals surface area contributed by atoms with E-state index in [2.05, 4.69) is 4.74 Å². The fourth-order valence-corrected chi connectivity index (χ4v) is 0.563. The maximum absolute atomic E-state index is 10.9. The smallest absolute Gasteiger partial charge is 0.407 e. The number of carbonyl (C=O) groups is 2. The average Bonchev–Trinajstić information content (AvgIpc) is 2.24. The molecule has 1 unspecified atom stereocenters. The molecular weight excluding hydrogens is 158 g/mol. The molecule has 4 heteroatoms. The molecule has 0 aliphatic heterocycles. The Balaban J connectivity index is 5.23. The van der Waals surface area contributed by atoms with Crippen LogP contribution in [0.25, 0.3) is 0 Å². The first-order valence-corrected chi connectivity index (χ1v) is 3.19. The number of alkyl carbamates (subject to hydrolysis) is 1. The van der Waals surface area contributed by atoms with Crippen LogP contribution < -0.4 is 5.32 Å². The normalized spacial score (nSPS) is 23.9. The van der Waals surface area contributed by atoms with Crippen molar-refractivity contribution in [2.75, 3.05) is 7.11 Å². The summed E-state index contributed by atoms with van der Waals surface area (Å²) in [6, 6.07) is -1.44. The van der Waals surface area contributed by atoms with Crippen LogP contribution in [0.5, 0.6) is 0 Å². The minimum absolute atomic E-state index is 0.164. The molecule has 70 valence electrons. The quantitative estimate of drug-likeness (QED) is 0.655. The maximum atomic E-state index is 10.9. The Morgan fingerprint density at radius 1 is 1.83 bits per heavy atom.